The minimum atomic E-state index is -3.20. The number of fused-ring (bicyclic) bond motifs is 1. The molecule has 2 aromatic rings. The number of hydrogen-bond donors (Lipinski definition) is 2. The van der Waals surface area contributed by atoms with Gasteiger partial charge >= 0.3 is 5.69 Å². The molecule has 2 N–H and O–H groups in total. The largest absolute Gasteiger partial charge is 0.359 e. The molecular weight excluding hydrogens is 340 g/mol. The van der Waals surface area contributed by atoms with Crippen molar-refractivity contribution in [3.63, 3.8) is 0 Å². The lowest BCUT2D eigenvalue weighted by atomic mass is 9.92. The number of H-pyrrole nitrogens is 1. The number of anilines is 1. The summed E-state index contributed by atoms with van der Waals surface area (Å²) in [6, 6.07) is 4.31. The Bertz CT molecular complexity index is 905. The molecule has 24 heavy (non-hydrogen) atoms. The first-order valence-corrected chi connectivity index (χ1v) is 7.86. The Labute approximate surface area is 141 Å². The Morgan fingerprint density at radius 1 is 1.33 bits per heavy atom. The molecule has 128 valence electrons. The molecule has 0 bridgehead atoms. The van der Waals surface area contributed by atoms with E-state index in [4.69, 9.17) is 11.6 Å². The molecule has 8 heteroatoms. The molecule has 0 saturated carbocycles. The summed E-state index contributed by atoms with van der Waals surface area (Å²) in [7, 11) is 0. The molecule has 1 aliphatic heterocycles. The molecule has 3 rings (SSSR count). The topological polar surface area (TPSA) is 66.9 Å². The van der Waals surface area contributed by atoms with E-state index in [1.807, 2.05) is 0 Å². The van der Waals surface area contributed by atoms with E-state index in [1.54, 1.807) is 26.0 Å². The van der Waals surface area contributed by atoms with Gasteiger partial charge in [-0.1, -0.05) is 23.7 Å². The van der Waals surface area contributed by atoms with Crippen LogP contribution in [0, 0.1) is 0 Å². The van der Waals surface area contributed by atoms with Crippen LogP contribution in [0.15, 0.2) is 33.9 Å². The second-order valence-electron chi connectivity index (χ2n) is 6.12. The fraction of sp³-hybridized carbons (Fsp3) is 0.375. The standard InChI is InChI=1S/C16H16ClF2N3O2/c1-8(2)22-14(23)11-7-16(18,19)12(20-13(11)21-15(22)24)9-4-3-5-10(17)6-9/h3-6,8,12,20H,7H2,1-2H3,(H,21,24)/t12-/m1/s1. The summed E-state index contributed by atoms with van der Waals surface area (Å²) in [5.41, 5.74) is -1.16. The SMILES string of the molecule is CC(C)n1c(=O)[nH]c2c(c1=O)CC(F)(F)[C@@H](c1cccc(Cl)c1)N2. The summed E-state index contributed by atoms with van der Waals surface area (Å²) in [5, 5.41) is 2.93. The molecule has 0 saturated heterocycles. The first kappa shape index (κ1) is 16.7. The van der Waals surface area contributed by atoms with E-state index in [1.165, 1.54) is 12.1 Å². The lowest BCUT2D eigenvalue weighted by molar-refractivity contribution is -0.0234. The normalized spacial score (nSPS) is 19.0. The van der Waals surface area contributed by atoms with Crippen molar-refractivity contribution in [1.82, 2.24) is 9.55 Å². The molecule has 2 heterocycles. The van der Waals surface area contributed by atoms with Crippen LogP contribution in [0.25, 0.3) is 0 Å². The molecule has 1 aromatic heterocycles. The number of benzene rings is 1. The van der Waals surface area contributed by atoms with Crippen molar-refractivity contribution in [1.29, 1.82) is 0 Å². The molecule has 0 spiro atoms. The number of alkyl halides is 2. The van der Waals surface area contributed by atoms with Gasteiger partial charge in [-0.2, -0.15) is 0 Å². The van der Waals surface area contributed by atoms with Gasteiger partial charge in [-0.25, -0.2) is 13.6 Å². The van der Waals surface area contributed by atoms with Crippen LogP contribution < -0.4 is 16.6 Å². The number of nitrogens with one attached hydrogen (secondary N) is 2. The third kappa shape index (κ3) is 2.73. The molecule has 5 nitrogen and oxygen atoms in total. The summed E-state index contributed by atoms with van der Waals surface area (Å²) in [4.78, 5) is 27.0. The Balaban J connectivity index is 2.14. The lowest BCUT2D eigenvalue weighted by Crippen LogP contribution is -2.46. The monoisotopic (exact) mass is 355 g/mol. The second-order valence-corrected chi connectivity index (χ2v) is 6.56. The highest BCUT2D eigenvalue weighted by molar-refractivity contribution is 6.30. The van der Waals surface area contributed by atoms with Crippen LogP contribution in [0.4, 0.5) is 14.6 Å². The maximum absolute atomic E-state index is 14.6. The van der Waals surface area contributed by atoms with Crippen LogP contribution in [0.2, 0.25) is 5.02 Å². The third-order valence-electron chi connectivity index (χ3n) is 4.05. The average molecular weight is 356 g/mol. The predicted molar refractivity (Wildman–Crippen MR) is 88.2 cm³/mol. The zero-order chi connectivity index (χ0) is 17.6. The van der Waals surface area contributed by atoms with Gasteiger partial charge in [0.15, 0.2) is 0 Å². The van der Waals surface area contributed by atoms with Crippen LogP contribution in [0.3, 0.4) is 0 Å². The van der Waals surface area contributed by atoms with E-state index in [0.717, 1.165) is 4.57 Å². The van der Waals surface area contributed by atoms with Crippen molar-refractivity contribution in [2.75, 3.05) is 5.32 Å². The summed E-state index contributed by atoms with van der Waals surface area (Å²) >= 11 is 5.88. The Morgan fingerprint density at radius 2 is 2.04 bits per heavy atom. The van der Waals surface area contributed by atoms with E-state index in [0.29, 0.717) is 5.02 Å². The molecule has 1 aromatic carbocycles. The molecule has 0 amide bonds. The molecule has 0 aliphatic carbocycles. The zero-order valence-corrected chi connectivity index (χ0v) is 13.8. The van der Waals surface area contributed by atoms with E-state index in [-0.39, 0.29) is 16.9 Å². The van der Waals surface area contributed by atoms with Crippen LogP contribution in [-0.2, 0) is 6.42 Å². The fourth-order valence-electron chi connectivity index (χ4n) is 2.94. The van der Waals surface area contributed by atoms with Crippen LogP contribution in [0.1, 0.15) is 37.1 Å². The Kier molecular flexibility index (Phi) is 3.99. The zero-order valence-electron chi connectivity index (χ0n) is 13.1. The Hall–Kier alpha value is -2.15. The van der Waals surface area contributed by atoms with Crippen molar-refractivity contribution >= 4 is 17.4 Å². The van der Waals surface area contributed by atoms with Crippen molar-refractivity contribution in [2.24, 2.45) is 0 Å². The van der Waals surface area contributed by atoms with Crippen molar-refractivity contribution < 1.29 is 8.78 Å². The minimum Gasteiger partial charge on any atom is -0.359 e. The number of hydrogen-bond acceptors (Lipinski definition) is 3. The van der Waals surface area contributed by atoms with E-state index in [2.05, 4.69) is 10.3 Å². The van der Waals surface area contributed by atoms with Crippen LogP contribution >= 0.6 is 11.6 Å². The van der Waals surface area contributed by atoms with E-state index in [9.17, 15) is 18.4 Å². The van der Waals surface area contributed by atoms with Gasteiger partial charge < -0.3 is 5.32 Å². The smallest absolute Gasteiger partial charge is 0.330 e. The summed E-state index contributed by atoms with van der Waals surface area (Å²) in [6.07, 6.45) is -0.755. The van der Waals surface area contributed by atoms with Gasteiger partial charge in [0.1, 0.15) is 11.9 Å². The maximum atomic E-state index is 14.6. The maximum Gasteiger partial charge on any atom is 0.330 e. The first-order valence-electron chi connectivity index (χ1n) is 7.48. The molecular formula is C16H16ClF2N3O2. The predicted octanol–water partition coefficient (Wildman–Crippen LogP) is 3.12. The van der Waals surface area contributed by atoms with Gasteiger partial charge in [0.05, 0.1) is 5.56 Å². The van der Waals surface area contributed by atoms with Crippen LogP contribution in [-0.4, -0.2) is 15.5 Å². The average Bonchev–Trinajstić information content (AvgIpc) is 2.47. The molecule has 1 aliphatic rings. The highest BCUT2D eigenvalue weighted by Gasteiger charge is 2.46. The van der Waals surface area contributed by atoms with Gasteiger partial charge in [-0.05, 0) is 31.5 Å². The molecule has 0 unspecified atom stereocenters. The van der Waals surface area contributed by atoms with Crippen molar-refractivity contribution in [3.8, 4) is 0 Å². The number of aromatic nitrogens is 2. The van der Waals surface area contributed by atoms with Crippen molar-refractivity contribution in [2.45, 2.75) is 38.3 Å². The number of aromatic amines is 1. The Morgan fingerprint density at radius 3 is 2.67 bits per heavy atom. The number of nitrogens with zero attached hydrogens (tertiary/aromatic N) is 1. The summed E-state index contributed by atoms with van der Waals surface area (Å²) in [5.74, 6) is -3.16. The highest BCUT2D eigenvalue weighted by Crippen LogP contribution is 2.41. The van der Waals surface area contributed by atoms with Gasteiger partial charge in [-0.3, -0.25) is 14.3 Å². The molecule has 1 atom stereocenters. The van der Waals surface area contributed by atoms with E-state index >= 15 is 0 Å². The fourth-order valence-corrected chi connectivity index (χ4v) is 3.14. The minimum absolute atomic E-state index is 0.0396. The number of rotatable bonds is 2. The van der Waals surface area contributed by atoms with Crippen molar-refractivity contribution in [3.05, 3.63) is 61.3 Å². The summed E-state index contributed by atoms with van der Waals surface area (Å²) < 4.78 is 30.2. The van der Waals surface area contributed by atoms with Gasteiger partial charge in [0, 0.05) is 17.5 Å². The van der Waals surface area contributed by atoms with Gasteiger partial charge in [0.25, 0.3) is 11.5 Å². The van der Waals surface area contributed by atoms with Crippen LogP contribution in [0.5, 0.6) is 0 Å². The van der Waals surface area contributed by atoms with E-state index < -0.39 is 35.7 Å². The second kappa shape index (κ2) is 5.73. The summed E-state index contributed by atoms with van der Waals surface area (Å²) in [6.45, 7) is 3.29. The first-order chi connectivity index (χ1) is 11.2. The van der Waals surface area contributed by atoms with Gasteiger partial charge in [0.2, 0.25) is 0 Å². The highest BCUT2D eigenvalue weighted by atomic mass is 35.5. The number of halogens is 3. The van der Waals surface area contributed by atoms with Gasteiger partial charge in [-0.15, -0.1) is 0 Å². The third-order valence-corrected chi connectivity index (χ3v) is 4.29. The lowest BCUT2D eigenvalue weighted by Gasteiger charge is -2.34. The molecule has 0 fully saturated rings. The quantitative estimate of drug-likeness (QED) is 0.869. The molecule has 0 radical (unpaired) electrons.